The largest absolute Gasteiger partial charge is 0.457 e. The van der Waals surface area contributed by atoms with Crippen LogP contribution in [0.25, 0.3) is 0 Å². The molecule has 1 atom stereocenters. The summed E-state index contributed by atoms with van der Waals surface area (Å²) in [6, 6.07) is 8.14. The molecule has 4 rings (SSSR count). The maximum atomic E-state index is 12.4. The van der Waals surface area contributed by atoms with Gasteiger partial charge in [0.2, 0.25) is 0 Å². The number of morpholine rings is 1. The smallest absolute Gasteiger partial charge is 0.300 e. The molecule has 156 valence electrons. The fourth-order valence-corrected chi connectivity index (χ4v) is 4.29. The molecular formula is C19H23N3O6S. The maximum Gasteiger partial charge on any atom is 0.300 e. The van der Waals surface area contributed by atoms with Crippen molar-refractivity contribution in [2.24, 2.45) is 0 Å². The van der Waals surface area contributed by atoms with Crippen LogP contribution in [0.2, 0.25) is 0 Å². The van der Waals surface area contributed by atoms with Crippen molar-refractivity contribution in [2.75, 3.05) is 32.9 Å². The molecule has 10 heteroatoms. The summed E-state index contributed by atoms with van der Waals surface area (Å²) in [7, 11) is -3.89. The molecule has 0 unspecified atom stereocenters. The molecule has 1 saturated heterocycles. The highest BCUT2D eigenvalue weighted by Crippen LogP contribution is 2.22. The molecule has 0 radical (unpaired) electrons. The normalized spacial score (nSPS) is 19.7. The second-order valence-electron chi connectivity index (χ2n) is 7.16. The van der Waals surface area contributed by atoms with E-state index in [2.05, 4.69) is 9.88 Å². The second-order valence-corrected chi connectivity index (χ2v) is 8.77. The van der Waals surface area contributed by atoms with E-state index in [1.807, 2.05) is 11.5 Å². The van der Waals surface area contributed by atoms with Crippen LogP contribution in [0.1, 0.15) is 11.3 Å². The minimum absolute atomic E-state index is 0.0965. The Morgan fingerprint density at radius 3 is 2.66 bits per heavy atom. The van der Waals surface area contributed by atoms with E-state index >= 15 is 0 Å². The first-order valence-corrected chi connectivity index (χ1v) is 10.9. The molecule has 0 bridgehead atoms. The molecular weight excluding hydrogens is 398 g/mol. The van der Waals surface area contributed by atoms with Crippen LogP contribution in [0.4, 0.5) is 0 Å². The van der Waals surface area contributed by atoms with Crippen molar-refractivity contribution in [1.29, 1.82) is 0 Å². The van der Waals surface area contributed by atoms with Crippen LogP contribution in [-0.4, -0.2) is 61.9 Å². The lowest BCUT2D eigenvalue weighted by molar-refractivity contribution is 0.0331. The molecule has 0 spiro atoms. The van der Waals surface area contributed by atoms with Crippen LogP contribution in [0.15, 0.2) is 40.0 Å². The highest BCUT2D eigenvalue weighted by atomic mass is 32.2. The number of ether oxygens (including phenoxy) is 2. The van der Waals surface area contributed by atoms with Gasteiger partial charge in [-0.05, 0) is 19.1 Å². The SMILES string of the molecule is Cc1ccc(S(=O)(=O)OC[C@@H]2Cn3c(CN4CCOCC4)cc(=O)nc3O2)cc1. The Morgan fingerprint density at radius 2 is 1.93 bits per heavy atom. The van der Waals surface area contributed by atoms with Crippen molar-refractivity contribution in [1.82, 2.24) is 14.5 Å². The van der Waals surface area contributed by atoms with Gasteiger partial charge in [0, 0.05) is 31.4 Å². The molecule has 1 aromatic heterocycles. The third-order valence-corrected chi connectivity index (χ3v) is 6.24. The van der Waals surface area contributed by atoms with Gasteiger partial charge in [-0.15, -0.1) is 0 Å². The van der Waals surface area contributed by atoms with Gasteiger partial charge in [0.25, 0.3) is 21.7 Å². The number of rotatable bonds is 6. The third-order valence-electron chi connectivity index (χ3n) is 4.94. The number of hydrogen-bond donors (Lipinski definition) is 0. The van der Waals surface area contributed by atoms with Crippen LogP contribution in [-0.2, 0) is 32.1 Å². The lowest BCUT2D eigenvalue weighted by Crippen LogP contribution is -2.36. The molecule has 2 aromatic rings. The zero-order chi connectivity index (χ0) is 20.4. The molecule has 0 saturated carbocycles. The molecule has 9 nitrogen and oxygen atoms in total. The molecule has 2 aliphatic rings. The molecule has 3 heterocycles. The van der Waals surface area contributed by atoms with Crippen molar-refractivity contribution >= 4 is 10.1 Å². The topological polar surface area (TPSA) is 100.0 Å². The molecule has 0 aliphatic carbocycles. The van der Waals surface area contributed by atoms with E-state index in [4.69, 9.17) is 13.7 Å². The van der Waals surface area contributed by atoms with Crippen molar-refractivity contribution in [2.45, 2.75) is 31.0 Å². The summed E-state index contributed by atoms with van der Waals surface area (Å²) in [4.78, 5) is 18.1. The monoisotopic (exact) mass is 421 g/mol. The number of nitrogens with zero attached hydrogens (tertiary/aromatic N) is 3. The maximum absolute atomic E-state index is 12.4. The zero-order valence-electron chi connectivity index (χ0n) is 16.1. The standard InChI is InChI=1S/C19H23N3O6S/c1-14-2-4-17(5-3-14)29(24,25)27-13-16-12-22-15(10-18(23)20-19(22)28-16)11-21-6-8-26-9-7-21/h2-5,10,16H,6-9,11-13H2,1H3/t16-/m0/s1. The van der Waals surface area contributed by atoms with Crippen molar-refractivity contribution < 1.29 is 22.1 Å². The fourth-order valence-electron chi connectivity index (χ4n) is 3.35. The highest BCUT2D eigenvalue weighted by Gasteiger charge is 2.29. The quantitative estimate of drug-likeness (QED) is 0.624. The Balaban J connectivity index is 1.44. The zero-order valence-corrected chi connectivity index (χ0v) is 16.9. The van der Waals surface area contributed by atoms with Crippen LogP contribution < -0.4 is 10.3 Å². The molecule has 1 aromatic carbocycles. The number of hydrogen-bond acceptors (Lipinski definition) is 8. The summed E-state index contributed by atoms with van der Waals surface area (Å²) < 4.78 is 42.8. The average molecular weight is 421 g/mol. The highest BCUT2D eigenvalue weighted by molar-refractivity contribution is 7.86. The van der Waals surface area contributed by atoms with E-state index < -0.39 is 16.2 Å². The number of benzene rings is 1. The second kappa shape index (κ2) is 8.23. The van der Waals surface area contributed by atoms with E-state index in [-0.39, 0.29) is 23.1 Å². The lowest BCUT2D eigenvalue weighted by atomic mass is 10.2. The first-order chi connectivity index (χ1) is 13.9. The van der Waals surface area contributed by atoms with E-state index in [1.165, 1.54) is 18.2 Å². The van der Waals surface area contributed by atoms with Gasteiger partial charge < -0.3 is 9.47 Å². The molecule has 0 amide bonds. The third kappa shape index (κ3) is 4.67. The Bertz CT molecular complexity index is 1030. The number of aryl methyl sites for hydroxylation is 1. The number of aromatic nitrogens is 2. The Kier molecular flexibility index (Phi) is 5.68. The first kappa shape index (κ1) is 20.0. The van der Waals surface area contributed by atoms with E-state index in [0.717, 1.165) is 24.3 Å². The van der Waals surface area contributed by atoms with Crippen molar-refractivity contribution in [3.63, 3.8) is 0 Å². The van der Waals surface area contributed by atoms with Gasteiger partial charge in [0.1, 0.15) is 12.7 Å². The molecule has 0 N–H and O–H groups in total. The van der Waals surface area contributed by atoms with Gasteiger partial charge in [-0.25, -0.2) is 0 Å². The van der Waals surface area contributed by atoms with Gasteiger partial charge >= 0.3 is 0 Å². The van der Waals surface area contributed by atoms with Gasteiger partial charge in [0.15, 0.2) is 0 Å². The van der Waals surface area contributed by atoms with E-state index in [9.17, 15) is 13.2 Å². The predicted octanol–water partition coefficient (Wildman–Crippen LogP) is 0.550. The Labute approximate surface area is 169 Å². The van der Waals surface area contributed by atoms with E-state index in [0.29, 0.717) is 26.3 Å². The summed E-state index contributed by atoms with van der Waals surface area (Å²) in [6.07, 6.45) is -0.548. The summed E-state index contributed by atoms with van der Waals surface area (Å²) in [5.74, 6) is 0. The van der Waals surface area contributed by atoms with Gasteiger partial charge in [0.05, 0.1) is 24.7 Å². The molecule has 1 fully saturated rings. The van der Waals surface area contributed by atoms with E-state index in [1.54, 1.807) is 12.1 Å². The molecule has 2 aliphatic heterocycles. The number of fused-ring (bicyclic) bond motifs is 1. The van der Waals surface area contributed by atoms with Crippen molar-refractivity contribution in [3.05, 3.63) is 51.9 Å². The predicted molar refractivity (Wildman–Crippen MR) is 103 cm³/mol. The average Bonchev–Trinajstić information content (AvgIpc) is 3.11. The lowest BCUT2D eigenvalue weighted by Gasteiger charge is -2.27. The van der Waals surface area contributed by atoms with Crippen molar-refractivity contribution in [3.8, 4) is 6.01 Å². The van der Waals surface area contributed by atoms with Gasteiger partial charge in [-0.1, -0.05) is 17.7 Å². The van der Waals surface area contributed by atoms with Crippen LogP contribution in [0.3, 0.4) is 0 Å². The summed E-state index contributed by atoms with van der Waals surface area (Å²) in [5, 5.41) is 0. The molecule has 29 heavy (non-hydrogen) atoms. The fraction of sp³-hybridized carbons (Fsp3) is 0.474. The van der Waals surface area contributed by atoms with Crippen LogP contribution >= 0.6 is 0 Å². The Morgan fingerprint density at radius 1 is 1.21 bits per heavy atom. The van der Waals surface area contributed by atoms with Crippen LogP contribution in [0, 0.1) is 6.92 Å². The van der Waals surface area contributed by atoms with Crippen LogP contribution in [0.5, 0.6) is 6.01 Å². The first-order valence-electron chi connectivity index (χ1n) is 9.44. The summed E-state index contributed by atoms with van der Waals surface area (Å²) in [6.45, 7) is 5.55. The Hall–Kier alpha value is -2.27. The van der Waals surface area contributed by atoms with Gasteiger partial charge in [-0.2, -0.15) is 13.4 Å². The minimum atomic E-state index is -3.89. The summed E-state index contributed by atoms with van der Waals surface area (Å²) in [5.41, 5.74) is 1.36. The van der Waals surface area contributed by atoms with Gasteiger partial charge in [-0.3, -0.25) is 18.4 Å². The summed E-state index contributed by atoms with van der Waals surface area (Å²) >= 11 is 0. The minimum Gasteiger partial charge on any atom is -0.457 e.